The van der Waals surface area contributed by atoms with Crippen LogP contribution in [0.3, 0.4) is 0 Å². The molecule has 0 spiro atoms. The number of nitro benzene ring substituents is 1. The van der Waals surface area contributed by atoms with Gasteiger partial charge in [0.2, 0.25) is 0 Å². The quantitative estimate of drug-likeness (QED) is 0.389. The summed E-state index contributed by atoms with van der Waals surface area (Å²) < 4.78 is 2.50. The van der Waals surface area contributed by atoms with E-state index in [0.717, 1.165) is 4.57 Å². The number of aromatic nitrogens is 2. The van der Waals surface area contributed by atoms with Crippen LogP contribution in [0, 0.1) is 10.1 Å². The van der Waals surface area contributed by atoms with Gasteiger partial charge in [0.15, 0.2) is 5.78 Å². The summed E-state index contributed by atoms with van der Waals surface area (Å²) in [4.78, 5) is 50.5. The number of hydrogen-bond donors (Lipinski definition) is 0. The van der Waals surface area contributed by atoms with Crippen molar-refractivity contribution >= 4 is 29.7 Å². The number of piperazine rings is 1. The Morgan fingerprint density at radius 2 is 1.62 bits per heavy atom. The first kappa shape index (κ1) is 22.3. The van der Waals surface area contributed by atoms with Crippen LogP contribution in [0.2, 0.25) is 0 Å². The summed E-state index contributed by atoms with van der Waals surface area (Å²) in [5.74, 6) is 0.457. The lowest BCUT2D eigenvalue weighted by Crippen LogP contribution is -2.50. The Morgan fingerprint density at radius 3 is 2.17 bits per heavy atom. The number of Topliss-reactive ketones (excluding diaryl/α,β-unsaturated/α-hetero) is 1. The zero-order valence-electron chi connectivity index (χ0n) is 16.1. The van der Waals surface area contributed by atoms with Gasteiger partial charge >= 0.3 is 5.69 Å². The van der Waals surface area contributed by atoms with Crippen LogP contribution < -0.4 is 16.1 Å². The van der Waals surface area contributed by atoms with E-state index in [1.54, 1.807) is 7.05 Å². The lowest BCUT2D eigenvalue weighted by molar-refractivity contribution is -0.384. The topological polar surface area (TPSA) is 111 Å². The van der Waals surface area contributed by atoms with Crippen LogP contribution in [0.15, 0.2) is 39.9 Å². The number of hydrogen-bond acceptors (Lipinski definition) is 7. The molecule has 1 aliphatic heterocycles. The minimum absolute atomic E-state index is 0. The normalized spacial score (nSPS) is 14.3. The van der Waals surface area contributed by atoms with Gasteiger partial charge in [-0.05, 0) is 12.1 Å². The molecule has 2 heterocycles. The second kappa shape index (κ2) is 9.01. The third-order valence-electron chi connectivity index (χ3n) is 4.96. The van der Waals surface area contributed by atoms with Gasteiger partial charge in [-0.2, -0.15) is 0 Å². The molecule has 0 N–H and O–H groups in total. The summed E-state index contributed by atoms with van der Waals surface area (Å²) in [6, 6.07) is 7.01. The Kier molecular flexibility index (Phi) is 6.93. The predicted octanol–water partition coefficient (Wildman–Crippen LogP) is 0.419. The lowest BCUT2D eigenvalue weighted by atomic mass is 10.1. The van der Waals surface area contributed by atoms with Crippen molar-refractivity contribution in [3.63, 3.8) is 0 Å². The average molecular weight is 424 g/mol. The van der Waals surface area contributed by atoms with Crippen LogP contribution >= 0.6 is 12.4 Å². The van der Waals surface area contributed by atoms with Crippen LogP contribution in [0.5, 0.6) is 0 Å². The molecule has 0 atom stereocenters. The number of carbonyl (C=O) groups excluding carboxylic acids is 1. The average Bonchev–Trinajstić information content (AvgIpc) is 2.70. The number of halogens is 1. The second-order valence-corrected chi connectivity index (χ2v) is 6.73. The molecule has 11 heteroatoms. The lowest BCUT2D eigenvalue weighted by Gasteiger charge is -2.36. The molecule has 0 saturated carbocycles. The third-order valence-corrected chi connectivity index (χ3v) is 4.96. The zero-order chi connectivity index (χ0) is 20.4. The van der Waals surface area contributed by atoms with Gasteiger partial charge < -0.3 is 4.90 Å². The van der Waals surface area contributed by atoms with E-state index < -0.39 is 4.92 Å². The standard InChI is InChI=1S/C18H21N5O5.ClH/c1-19-16(11-17(25)20(2)18(19)26)22-9-7-21(8-10-22)12-15(24)13-3-5-14(6-4-13)23(27)28;/h3-6,11H,7-10,12H2,1-2H3;1H. The molecule has 0 unspecified atom stereocenters. The maximum absolute atomic E-state index is 12.4. The summed E-state index contributed by atoms with van der Waals surface area (Å²) in [6.07, 6.45) is 0. The van der Waals surface area contributed by atoms with Gasteiger partial charge in [0.05, 0.1) is 11.5 Å². The highest BCUT2D eigenvalue weighted by molar-refractivity contribution is 5.97. The van der Waals surface area contributed by atoms with Crippen molar-refractivity contribution in [3.05, 3.63) is 66.8 Å². The van der Waals surface area contributed by atoms with Gasteiger partial charge in [-0.25, -0.2) is 4.79 Å². The highest BCUT2D eigenvalue weighted by Gasteiger charge is 2.22. The Balaban J connectivity index is 0.00000300. The van der Waals surface area contributed by atoms with Crippen LogP contribution in [-0.2, 0) is 14.1 Å². The first-order chi connectivity index (χ1) is 13.3. The molecule has 1 aromatic carbocycles. The van der Waals surface area contributed by atoms with E-state index in [9.17, 15) is 24.5 Å². The summed E-state index contributed by atoms with van der Waals surface area (Å²) in [6.45, 7) is 2.56. The first-order valence-corrected chi connectivity index (χ1v) is 8.80. The van der Waals surface area contributed by atoms with Gasteiger partial charge in [0.25, 0.3) is 11.2 Å². The van der Waals surface area contributed by atoms with E-state index in [1.165, 1.54) is 41.9 Å². The molecule has 1 fully saturated rings. The Bertz CT molecular complexity index is 1020. The minimum atomic E-state index is -0.502. The van der Waals surface area contributed by atoms with E-state index in [2.05, 4.69) is 0 Å². The number of non-ortho nitro benzene ring substituents is 1. The molecular formula is C18H22ClN5O5. The largest absolute Gasteiger partial charge is 0.355 e. The minimum Gasteiger partial charge on any atom is -0.355 e. The van der Waals surface area contributed by atoms with E-state index in [0.29, 0.717) is 37.6 Å². The molecule has 1 saturated heterocycles. The molecule has 0 amide bonds. The van der Waals surface area contributed by atoms with Crippen molar-refractivity contribution in [1.29, 1.82) is 0 Å². The van der Waals surface area contributed by atoms with Crippen LogP contribution in [0.25, 0.3) is 0 Å². The zero-order valence-corrected chi connectivity index (χ0v) is 16.9. The monoisotopic (exact) mass is 423 g/mol. The predicted molar refractivity (Wildman–Crippen MR) is 110 cm³/mol. The number of anilines is 1. The molecule has 0 aliphatic carbocycles. The summed E-state index contributed by atoms with van der Waals surface area (Å²) in [5, 5.41) is 10.7. The fraction of sp³-hybridized carbons (Fsp3) is 0.389. The van der Waals surface area contributed by atoms with Crippen molar-refractivity contribution in [2.75, 3.05) is 37.6 Å². The molecule has 0 bridgehead atoms. The number of nitrogens with zero attached hydrogens (tertiary/aromatic N) is 5. The molecule has 0 radical (unpaired) electrons. The SMILES string of the molecule is Cl.Cn1c(N2CCN(CC(=O)c3ccc([N+](=O)[O-])cc3)CC2)cc(=O)n(C)c1=O. The molecule has 2 aromatic rings. The summed E-state index contributed by atoms with van der Waals surface area (Å²) in [5.41, 5.74) is -0.348. The number of ketones is 1. The highest BCUT2D eigenvalue weighted by Crippen LogP contribution is 2.15. The number of nitro groups is 1. The fourth-order valence-corrected chi connectivity index (χ4v) is 3.22. The van der Waals surface area contributed by atoms with Gasteiger partial charge in [-0.3, -0.25) is 33.7 Å². The van der Waals surface area contributed by atoms with E-state index in [-0.39, 0.29) is 41.7 Å². The van der Waals surface area contributed by atoms with Crippen molar-refractivity contribution in [2.24, 2.45) is 14.1 Å². The first-order valence-electron chi connectivity index (χ1n) is 8.80. The molecule has 1 aromatic heterocycles. The molecular weight excluding hydrogens is 402 g/mol. The Morgan fingerprint density at radius 1 is 1.03 bits per heavy atom. The van der Waals surface area contributed by atoms with Crippen molar-refractivity contribution in [3.8, 4) is 0 Å². The summed E-state index contributed by atoms with van der Waals surface area (Å²) in [7, 11) is 3.07. The molecule has 1 aliphatic rings. The van der Waals surface area contributed by atoms with Gasteiger partial charge in [0.1, 0.15) is 5.82 Å². The number of rotatable bonds is 5. The van der Waals surface area contributed by atoms with Crippen molar-refractivity contribution in [1.82, 2.24) is 14.0 Å². The highest BCUT2D eigenvalue weighted by atomic mass is 35.5. The molecule has 10 nitrogen and oxygen atoms in total. The molecule has 29 heavy (non-hydrogen) atoms. The van der Waals surface area contributed by atoms with Gasteiger partial charge in [0, 0.05) is 64.0 Å². The van der Waals surface area contributed by atoms with E-state index >= 15 is 0 Å². The van der Waals surface area contributed by atoms with Gasteiger partial charge in [-0.1, -0.05) is 0 Å². The Hall–Kier alpha value is -2.98. The molecule has 156 valence electrons. The summed E-state index contributed by atoms with van der Waals surface area (Å²) >= 11 is 0. The molecule has 3 rings (SSSR count). The van der Waals surface area contributed by atoms with Crippen LogP contribution in [0.4, 0.5) is 11.5 Å². The van der Waals surface area contributed by atoms with Crippen LogP contribution in [0.1, 0.15) is 10.4 Å². The van der Waals surface area contributed by atoms with Crippen molar-refractivity contribution < 1.29 is 9.72 Å². The van der Waals surface area contributed by atoms with Crippen molar-refractivity contribution in [2.45, 2.75) is 0 Å². The fourth-order valence-electron chi connectivity index (χ4n) is 3.22. The second-order valence-electron chi connectivity index (χ2n) is 6.73. The number of benzene rings is 1. The smallest absolute Gasteiger partial charge is 0.332 e. The van der Waals surface area contributed by atoms with E-state index in [4.69, 9.17) is 0 Å². The van der Waals surface area contributed by atoms with E-state index in [1.807, 2.05) is 9.80 Å². The maximum atomic E-state index is 12.4. The van der Waals surface area contributed by atoms with Gasteiger partial charge in [-0.15, -0.1) is 12.4 Å². The number of carbonyl (C=O) groups is 1. The third kappa shape index (κ3) is 4.72. The maximum Gasteiger partial charge on any atom is 0.332 e. The Labute approximate surface area is 172 Å². The van der Waals surface area contributed by atoms with Crippen LogP contribution in [-0.4, -0.2) is 57.5 Å².